The average molecular weight is 330 g/mol. The number of carbonyl (C=O) groups is 1. The number of anilines is 1. The summed E-state index contributed by atoms with van der Waals surface area (Å²) < 4.78 is 6.89. The van der Waals surface area contributed by atoms with E-state index in [-0.39, 0.29) is 11.8 Å². The molecule has 0 spiro atoms. The third kappa shape index (κ3) is 3.53. The van der Waals surface area contributed by atoms with Crippen LogP contribution in [0.4, 0.5) is 5.69 Å². The van der Waals surface area contributed by atoms with Crippen molar-refractivity contribution in [3.05, 3.63) is 24.5 Å². The molecule has 1 saturated carbocycles. The van der Waals surface area contributed by atoms with Gasteiger partial charge in [0, 0.05) is 6.07 Å². The smallest absolute Gasteiger partial charge is 0.241 e. The van der Waals surface area contributed by atoms with Crippen LogP contribution in [-0.4, -0.2) is 39.3 Å². The average Bonchev–Trinajstić information content (AvgIpc) is 3.16. The first kappa shape index (κ1) is 16.4. The number of hydrogen-bond acceptors (Lipinski definition) is 6. The standard InChI is InChI=1S/C16H22N6O2/c1-24-14-9-12(22-10-18-20-21-22)7-8-13(14)19-16(23)15(17)11-5-3-2-4-6-11/h7-11,15H,2-6,17H2,1H3,(H,19,23)/t15-/m0/s1. The molecular formula is C16H22N6O2. The molecule has 0 unspecified atom stereocenters. The third-order valence-corrected chi connectivity index (χ3v) is 4.52. The van der Waals surface area contributed by atoms with Crippen LogP contribution in [0.1, 0.15) is 32.1 Å². The SMILES string of the molecule is COc1cc(-n2cnnn2)ccc1NC(=O)[C@@H](N)C1CCCCC1. The number of ether oxygens (including phenoxy) is 1. The molecule has 8 heteroatoms. The molecule has 1 aromatic heterocycles. The number of nitrogens with two attached hydrogens (primary N) is 1. The van der Waals surface area contributed by atoms with E-state index in [0.717, 1.165) is 31.4 Å². The van der Waals surface area contributed by atoms with Crippen LogP contribution in [-0.2, 0) is 4.79 Å². The van der Waals surface area contributed by atoms with Gasteiger partial charge < -0.3 is 15.8 Å². The van der Waals surface area contributed by atoms with E-state index in [4.69, 9.17) is 10.5 Å². The Labute approximate surface area is 140 Å². The van der Waals surface area contributed by atoms with E-state index in [0.29, 0.717) is 11.4 Å². The summed E-state index contributed by atoms with van der Waals surface area (Å²) in [5.74, 6) is 0.618. The number of hydrogen-bond donors (Lipinski definition) is 2. The molecule has 2 aromatic rings. The number of methoxy groups -OCH3 is 1. The quantitative estimate of drug-likeness (QED) is 0.860. The van der Waals surface area contributed by atoms with Crippen molar-refractivity contribution in [1.29, 1.82) is 0 Å². The monoisotopic (exact) mass is 330 g/mol. The lowest BCUT2D eigenvalue weighted by atomic mass is 9.84. The third-order valence-electron chi connectivity index (χ3n) is 4.52. The van der Waals surface area contributed by atoms with Crippen LogP contribution in [0, 0.1) is 5.92 Å². The van der Waals surface area contributed by atoms with Crippen molar-refractivity contribution in [3.63, 3.8) is 0 Å². The summed E-state index contributed by atoms with van der Waals surface area (Å²) >= 11 is 0. The number of amides is 1. The summed E-state index contributed by atoms with van der Waals surface area (Å²) in [5.41, 5.74) is 7.49. The summed E-state index contributed by atoms with van der Waals surface area (Å²) in [5, 5.41) is 13.9. The van der Waals surface area contributed by atoms with Gasteiger partial charge in [-0.15, -0.1) is 5.10 Å². The lowest BCUT2D eigenvalue weighted by Crippen LogP contribution is -2.42. The Hall–Kier alpha value is -2.48. The Balaban J connectivity index is 1.73. The number of carbonyl (C=O) groups excluding carboxylic acids is 1. The fraction of sp³-hybridized carbons (Fsp3) is 0.500. The maximum atomic E-state index is 12.5. The van der Waals surface area contributed by atoms with E-state index in [9.17, 15) is 4.79 Å². The van der Waals surface area contributed by atoms with Gasteiger partial charge in [-0.3, -0.25) is 4.79 Å². The van der Waals surface area contributed by atoms with Crippen LogP contribution in [0.2, 0.25) is 0 Å². The highest BCUT2D eigenvalue weighted by Crippen LogP contribution is 2.29. The molecule has 0 bridgehead atoms. The number of nitrogens with zero attached hydrogens (tertiary/aromatic N) is 4. The molecule has 24 heavy (non-hydrogen) atoms. The predicted octanol–water partition coefficient (Wildman–Crippen LogP) is 1.52. The highest BCUT2D eigenvalue weighted by molar-refractivity contribution is 5.96. The van der Waals surface area contributed by atoms with Gasteiger partial charge in [0.25, 0.3) is 0 Å². The number of rotatable bonds is 5. The first-order chi connectivity index (χ1) is 11.7. The Morgan fingerprint density at radius 1 is 1.38 bits per heavy atom. The summed E-state index contributed by atoms with van der Waals surface area (Å²) in [6.45, 7) is 0. The van der Waals surface area contributed by atoms with Crippen molar-refractivity contribution >= 4 is 11.6 Å². The van der Waals surface area contributed by atoms with Crippen LogP contribution >= 0.6 is 0 Å². The molecule has 3 N–H and O–H groups in total. The zero-order valence-electron chi connectivity index (χ0n) is 13.7. The van der Waals surface area contributed by atoms with Crippen LogP contribution in [0.25, 0.3) is 5.69 Å². The van der Waals surface area contributed by atoms with Gasteiger partial charge in [0.05, 0.1) is 24.5 Å². The van der Waals surface area contributed by atoms with Crippen molar-refractivity contribution in [2.45, 2.75) is 38.1 Å². The molecule has 1 amide bonds. The molecule has 1 aromatic carbocycles. The van der Waals surface area contributed by atoms with Gasteiger partial charge in [-0.1, -0.05) is 19.3 Å². The maximum Gasteiger partial charge on any atom is 0.241 e. The van der Waals surface area contributed by atoms with Gasteiger partial charge in [0.1, 0.15) is 12.1 Å². The van der Waals surface area contributed by atoms with Gasteiger partial charge in [0.15, 0.2) is 0 Å². The molecule has 1 heterocycles. The molecule has 3 rings (SSSR count). The van der Waals surface area contributed by atoms with Crippen LogP contribution in [0.5, 0.6) is 5.75 Å². The van der Waals surface area contributed by atoms with Crippen LogP contribution in [0.3, 0.4) is 0 Å². The van der Waals surface area contributed by atoms with E-state index in [1.165, 1.54) is 17.4 Å². The Kier molecular flexibility index (Phi) is 5.05. The zero-order valence-corrected chi connectivity index (χ0v) is 13.7. The minimum absolute atomic E-state index is 0.171. The van der Waals surface area contributed by atoms with Gasteiger partial charge in [-0.05, 0) is 41.3 Å². The molecule has 1 aliphatic rings. The van der Waals surface area contributed by atoms with Crippen molar-refractivity contribution in [2.75, 3.05) is 12.4 Å². The second kappa shape index (κ2) is 7.39. The normalized spacial score (nSPS) is 16.6. The Bertz CT molecular complexity index is 682. The van der Waals surface area contributed by atoms with Gasteiger partial charge in [-0.2, -0.15) is 0 Å². The molecule has 8 nitrogen and oxygen atoms in total. The molecule has 0 radical (unpaired) electrons. The lowest BCUT2D eigenvalue weighted by Gasteiger charge is -2.26. The number of benzene rings is 1. The van der Waals surface area contributed by atoms with Gasteiger partial charge in [-0.25, -0.2) is 4.68 Å². The molecule has 1 aliphatic carbocycles. The fourth-order valence-corrected chi connectivity index (χ4v) is 3.13. The highest BCUT2D eigenvalue weighted by Gasteiger charge is 2.26. The fourth-order valence-electron chi connectivity index (χ4n) is 3.13. The summed E-state index contributed by atoms with van der Waals surface area (Å²) in [6, 6.07) is 4.84. The minimum atomic E-state index is -0.491. The Morgan fingerprint density at radius 3 is 2.83 bits per heavy atom. The molecule has 1 atom stereocenters. The van der Waals surface area contributed by atoms with E-state index >= 15 is 0 Å². The Morgan fingerprint density at radius 2 is 2.17 bits per heavy atom. The first-order valence-corrected chi connectivity index (χ1v) is 8.17. The van der Waals surface area contributed by atoms with Crippen LogP contribution in [0.15, 0.2) is 24.5 Å². The number of nitrogens with one attached hydrogen (secondary N) is 1. The zero-order chi connectivity index (χ0) is 16.9. The van der Waals surface area contributed by atoms with Crippen molar-refractivity contribution in [3.8, 4) is 11.4 Å². The molecule has 1 fully saturated rings. The first-order valence-electron chi connectivity index (χ1n) is 8.17. The van der Waals surface area contributed by atoms with E-state index in [1.807, 2.05) is 0 Å². The number of tetrazole rings is 1. The predicted molar refractivity (Wildman–Crippen MR) is 88.9 cm³/mol. The molecule has 128 valence electrons. The minimum Gasteiger partial charge on any atom is -0.494 e. The van der Waals surface area contributed by atoms with Gasteiger partial charge in [0.2, 0.25) is 5.91 Å². The van der Waals surface area contributed by atoms with Gasteiger partial charge >= 0.3 is 0 Å². The van der Waals surface area contributed by atoms with E-state index < -0.39 is 6.04 Å². The molecule has 0 saturated heterocycles. The summed E-state index contributed by atoms with van der Waals surface area (Å²) in [4.78, 5) is 12.5. The summed E-state index contributed by atoms with van der Waals surface area (Å²) in [6.07, 6.45) is 7.06. The largest absolute Gasteiger partial charge is 0.494 e. The second-order valence-corrected chi connectivity index (χ2v) is 6.05. The van der Waals surface area contributed by atoms with E-state index in [1.54, 1.807) is 25.3 Å². The highest BCUT2D eigenvalue weighted by atomic mass is 16.5. The van der Waals surface area contributed by atoms with Crippen molar-refractivity contribution in [1.82, 2.24) is 20.2 Å². The maximum absolute atomic E-state index is 12.5. The molecular weight excluding hydrogens is 308 g/mol. The summed E-state index contributed by atoms with van der Waals surface area (Å²) in [7, 11) is 1.55. The second-order valence-electron chi connectivity index (χ2n) is 6.05. The van der Waals surface area contributed by atoms with E-state index in [2.05, 4.69) is 20.8 Å². The van der Waals surface area contributed by atoms with Crippen LogP contribution < -0.4 is 15.8 Å². The van der Waals surface area contributed by atoms with Crippen molar-refractivity contribution in [2.24, 2.45) is 11.7 Å². The van der Waals surface area contributed by atoms with Crippen molar-refractivity contribution < 1.29 is 9.53 Å². The topological polar surface area (TPSA) is 108 Å². The lowest BCUT2D eigenvalue weighted by molar-refractivity contribution is -0.118. The number of aromatic nitrogens is 4. The molecule has 0 aliphatic heterocycles.